The fourth-order valence-electron chi connectivity index (χ4n) is 1.87. The molecule has 80 valence electrons. The smallest absolute Gasteiger partial charge is 0.0351 e. The third-order valence-electron chi connectivity index (χ3n) is 2.82. The third kappa shape index (κ3) is 6.94. The Bertz CT molecular complexity index is 145. The summed E-state index contributed by atoms with van der Waals surface area (Å²) in [5.41, 5.74) is 0. The summed E-state index contributed by atoms with van der Waals surface area (Å²) in [7, 11) is 0. The first-order valence-corrected chi connectivity index (χ1v) is 6.30. The standard InChI is InChI=1S/C14H24/c1-2-4-6-8-10-12-14-13-11-9-7-5-3-1/h1-2,11,13H,3-10,12,14H2/b2-1-,13-11+. The molecule has 0 aromatic heterocycles. The summed E-state index contributed by atoms with van der Waals surface area (Å²) in [5.74, 6) is 0. The molecule has 0 N–H and O–H groups in total. The molecule has 0 saturated heterocycles. The Kier molecular flexibility index (Phi) is 7.47. The van der Waals surface area contributed by atoms with Crippen LogP contribution in [0.2, 0.25) is 0 Å². The Morgan fingerprint density at radius 2 is 0.643 bits per heavy atom. The molecule has 1 rings (SSSR count). The van der Waals surface area contributed by atoms with Crippen LogP contribution in [0.25, 0.3) is 0 Å². The summed E-state index contributed by atoms with van der Waals surface area (Å²) in [4.78, 5) is 0. The van der Waals surface area contributed by atoms with Crippen molar-refractivity contribution in [1.29, 1.82) is 0 Å². The van der Waals surface area contributed by atoms with Crippen LogP contribution in [0, 0.1) is 0 Å². The normalized spacial score (nSPS) is 26.3. The van der Waals surface area contributed by atoms with Crippen molar-refractivity contribution in [3.63, 3.8) is 0 Å². The van der Waals surface area contributed by atoms with Crippen molar-refractivity contribution in [2.45, 2.75) is 64.2 Å². The van der Waals surface area contributed by atoms with Crippen LogP contribution in [0.4, 0.5) is 0 Å². The molecule has 0 spiro atoms. The van der Waals surface area contributed by atoms with E-state index < -0.39 is 0 Å². The van der Waals surface area contributed by atoms with Crippen LogP contribution in [0.5, 0.6) is 0 Å². The SMILES string of the molecule is C1=C\CCCCCC/C=C/CCCC/1. The zero-order valence-electron chi connectivity index (χ0n) is 9.38. The van der Waals surface area contributed by atoms with Gasteiger partial charge in [0.25, 0.3) is 0 Å². The largest absolute Gasteiger partial charge is 0.0885 e. The monoisotopic (exact) mass is 192 g/mol. The van der Waals surface area contributed by atoms with Crippen LogP contribution in [0.1, 0.15) is 64.2 Å². The molecule has 0 heteroatoms. The molecule has 0 radical (unpaired) electrons. The topological polar surface area (TPSA) is 0 Å². The first-order valence-electron chi connectivity index (χ1n) is 6.30. The van der Waals surface area contributed by atoms with E-state index in [-0.39, 0.29) is 0 Å². The van der Waals surface area contributed by atoms with Gasteiger partial charge in [-0.25, -0.2) is 0 Å². The molecular formula is C14H24. The van der Waals surface area contributed by atoms with Crippen molar-refractivity contribution in [3.8, 4) is 0 Å². The van der Waals surface area contributed by atoms with Crippen molar-refractivity contribution in [3.05, 3.63) is 24.3 Å². The molecule has 0 aromatic carbocycles. The summed E-state index contributed by atoms with van der Waals surface area (Å²) < 4.78 is 0. The van der Waals surface area contributed by atoms with E-state index in [1.165, 1.54) is 64.2 Å². The van der Waals surface area contributed by atoms with Crippen LogP contribution in [0.15, 0.2) is 24.3 Å². The lowest BCUT2D eigenvalue weighted by Gasteiger charge is -1.99. The quantitative estimate of drug-likeness (QED) is 0.473. The van der Waals surface area contributed by atoms with Gasteiger partial charge in [-0.15, -0.1) is 0 Å². The molecule has 0 aliphatic heterocycles. The van der Waals surface area contributed by atoms with Gasteiger partial charge in [-0.05, 0) is 51.4 Å². The summed E-state index contributed by atoms with van der Waals surface area (Å²) in [6, 6.07) is 0. The van der Waals surface area contributed by atoms with Gasteiger partial charge in [0.05, 0.1) is 0 Å². The van der Waals surface area contributed by atoms with Crippen molar-refractivity contribution in [1.82, 2.24) is 0 Å². The Labute approximate surface area is 89.1 Å². The van der Waals surface area contributed by atoms with Crippen molar-refractivity contribution < 1.29 is 0 Å². The van der Waals surface area contributed by atoms with Gasteiger partial charge >= 0.3 is 0 Å². The summed E-state index contributed by atoms with van der Waals surface area (Å²) in [6.45, 7) is 0. The van der Waals surface area contributed by atoms with Gasteiger partial charge in [0, 0.05) is 0 Å². The first kappa shape index (κ1) is 11.6. The van der Waals surface area contributed by atoms with Gasteiger partial charge < -0.3 is 0 Å². The molecule has 1 aliphatic carbocycles. The molecular weight excluding hydrogens is 168 g/mol. The molecule has 0 atom stereocenters. The number of hydrogen-bond acceptors (Lipinski definition) is 0. The molecule has 0 saturated carbocycles. The zero-order chi connectivity index (χ0) is 9.90. The third-order valence-corrected chi connectivity index (χ3v) is 2.82. The molecule has 14 heavy (non-hydrogen) atoms. The Morgan fingerprint density at radius 1 is 0.357 bits per heavy atom. The number of rotatable bonds is 0. The van der Waals surface area contributed by atoms with Crippen LogP contribution >= 0.6 is 0 Å². The fourth-order valence-corrected chi connectivity index (χ4v) is 1.87. The van der Waals surface area contributed by atoms with E-state index in [4.69, 9.17) is 0 Å². The molecule has 0 fully saturated rings. The molecule has 0 heterocycles. The van der Waals surface area contributed by atoms with Crippen LogP contribution in [0.3, 0.4) is 0 Å². The van der Waals surface area contributed by atoms with E-state index in [2.05, 4.69) is 24.3 Å². The van der Waals surface area contributed by atoms with Gasteiger partial charge in [0.2, 0.25) is 0 Å². The van der Waals surface area contributed by atoms with Gasteiger partial charge in [-0.1, -0.05) is 37.1 Å². The molecule has 0 nitrogen and oxygen atoms in total. The molecule has 0 bridgehead atoms. The molecule has 0 unspecified atom stereocenters. The highest BCUT2D eigenvalue weighted by Crippen LogP contribution is 2.09. The predicted octanol–water partition coefficient (Wildman–Crippen LogP) is 5.01. The van der Waals surface area contributed by atoms with E-state index in [0.29, 0.717) is 0 Å². The molecule has 0 aromatic rings. The Morgan fingerprint density at radius 3 is 1.00 bits per heavy atom. The summed E-state index contributed by atoms with van der Waals surface area (Å²) >= 11 is 0. The van der Waals surface area contributed by atoms with Gasteiger partial charge in [0.1, 0.15) is 0 Å². The van der Waals surface area contributed by atoms with E-state index >= 15 is 0 Å². The van der Waals surface area contributed by atoms with Gasteiger partial charge in [-0.3, -0.25) is 0 Å². The van der Waals surface area contributed by atoms with E-state index in [1.807, 2.05) is 0 Å². The van der Waals surface area contributed by atoms with Crippen LogP contribution < -0.4 is 0 Å². The van der Waals surface area contributed by atoms with Crippen LogP contribution in [-0.4, -0.2) is 0 Å². The predicted molar refractivity (Wildman–Crippen MR) is 64.5 cm³/mol. The molecule has 1 aliphatic rings. The Balaban J connectivity index is 2.16. The minimum absolute atomic E-state index is 1.29. The maximum atomic E-state index is 2.38. The minimum atomic E-state index is 1.29. The van der Waals surface area contributed by atoms with Crippen LogP contribution in [-0.2, 0) is 0 Å². The first-order chi connectivity index (χ1) is 7.00. The van der Waals surface area contributed by atoms with E-state index in [1.54, 1.807) is 0 Å². The fraction of sp³-hybridized carbons (Fsp3) is 0.714. The highest BCUT2D eigenvalue weighted by molar-refractivity contribution is 4.84. The lowest BCUT2D eigenvalue weighted by molar-refractivity contribution is 0.649. The van der Waals surface area contributed by atoms with E-state index in [0.717, 1.165) is 0 Å². The summed E-state index contributed by atoms with van der Waals surface area (Å²) in [6.07, 6.45) is 23.0. The van der Waals surface area contributed by atoms with Crippen molar-refractivity contribution in [2.75, 3.05) is 0 Å². The maximum absolute atomic E-state index is 2.38. The number of hydrogen-bond donors (Lipinski definition) is 0. The van der Waals surface area contributed by atoms with Gasteiger partial charge in [-0.2, -0.15) is 0 Å². The minimum Gasteiger partial charge on any atom is -0.0885 e. The van der Waals surface area contributed by atoms with Crippen molar-refractivity contribution in [2.24, 2.45) is 0 Å². The highest BCUT2D eigenvalue weighted by Gasteiger charge is 1.89. The zero-order valence-corrected chi connectivity index (χ0v) is 9.38. The van der Waals surface area contributed by atoms with Gasteiger partial charge in [0.15, 0.2) is 0 Å². The lowest BCUT2D eigenvalue weighted by Crippen LogP contribution is -1.79. The second kappa shape index (κ2) is 9.05. The number of allylic oxidation sites excluding steroid dienone is 4. The Hall–Kier alpha value is -0.520. The lowest BCUT2D eigenvalue weighted by atomic mass is 10.1. The summed E-state index contributed by atoms with van der Waals surface area (Å²) in [5, 5.41) is 0. The second-order valence-corrected chi connectivity index (χ2v) is 4.22. The maximum Gasteiger partial charge on any atom is -0.0351 e. The average molecular weight is 192 g/mol. The highest BCUT2D eigenvalue weighted by atomic mass is 14.0. The second-order valence-electron chi connectivity index (χ2n) is 4.22. The average Bonchev–Trinajstić information content (AvgIpc) is 2.22. The van der Waals surface area contributed by atoms with E-state index in [9.17, 15) is 0 Å². The van der Waals surface area contributed by atoms with Crippen molar-refractivity contribution >= 4 is 0 Å². The molecule has 0 amide bonds.